The Morgan fingerprint density at radius 2 is 2.00 bits per heavy atom. The van der Waals surface area contributed by atoms with E-state index in [1.165, 1.54) is 4.68 Å². The molecule has 0 aliphatic carbocycles. The molecule has 1 heterocycles. The van der Waals surface area contributed by atoms with Crippen LogP contribution in [-0.2, 0) is 6.54 Å². The molecule has 0 bridgehead atoms. The van der Waals surface area contributed by atoms with Crippen LogP contribution in [0.2, 0.25) is 0 Å². The molecule has 0 amide bonds. The average Bonchev–Trinajstić information content (AvgIpc) is 2.65. The summed E-state index contributed by atoms with van der Waals surface area (Å²) < 4.78 is 1.52. The fourth-order valence-electron chi connectivity index (χ4n) is 1.64. The third-order valence-corrected chi connectivity index (χ3v) is 2.58. The molecular weight excluding hydrogens is 216 g/mol. The largest absolute Gasteiger partial charge is 0.383 e. The Balaban J connectivity index is 3.14. The molecule has 0 aromatic carbocycles. The third kappa shape index (κ3) is 2.48. The first-order valence-corrected chi connectivity index (χ1v) is 5.57. The molecule has 1 aromatic heterocycles. The molecule has 6 nitrogen and oxygen atoms in total. The highest BCUT2D eigenvalue weighted by Gasteiger charge is 2.18. The molecule has 1 aromatic rings. The van der Waals surface area contributed by atoms with E-state index in [0.717, 1.165) is 13.1 Å². The van der Waals surface area contributed by atoms with Crippen LogP contribution in [0.3, 0.4) is 0 Å². The van der Waals surface area contributed by atoms with Crippen LogP contribution < -0.4 is 10.6 Å². The van der Waals surface area contributed by atoms with Gasteiger partial charge in [0.25, 0.3) is 0 Å². The number of anilines is 2. The van der Waals surface area contributed by atoms with Crippen LogP contribution in [0.15, 0.2) is 0 Å². The number of nitrogens with two attached hydrogens (primary N) is 1. The molecule has 0 radical (unpaired) electrons. The SMILES string of the molecule is CCN(CC)c1nn(CCC#N)c(N)c1C#N. The maximum absolute atomic E-state index is 9.10. The van der Waals surface area contributed by atoms with E-state index in [1.54, 1.807) is 0 Å². The summed E-state index contributed by atoms with van der Waals surface area (Å²) in [6.07, 6.45) is 0.328. The summed E-state index contributed by atoms with van der Waals surface area (Å²) in [5, 5.41) is 22.0. The van der Waals surface area contributed by atoms with Gasteiger partial charge < -0.3 is 10.6 Å². The molecule has 0 aliphatic rings. The normalized spacial score (nSPS) is 9.65. The van der Waals surface area contributed by atoms with E-state index in [4.69, 9.17) is 16.3 Å². The van der Waals surface area contributed by atoms with Crippen LogP contribution in [0, 0.1) is 22.7 Å². The zero-order valence-electron chi connectivity index (χ0n) is 10.1. The van der Waals surface area contributed by atoms with Gasteiger partial charge in [0.2, 0.25) is 0 Å². The van der Waals surface area contributed by atoms with E-state index in [2.05, 4.69) is 11.2 Å². The lowest BCUT2D eigenvalue weighted by Gasteiger charge is -2.17. The second-order valence-electron chi connectivity index (χ2n) is 3.50. The van der Waals surface area contributed by atoms with Crippen molar-refractivity contribution in [2.24, 2.45) is 0 Å². The van der Waals surface area contributed by atoms with Gasteiger partial charge >= 0.3 is 0 Å². The van der Waals surface area contributed by atoms with Gasteiger partial charge in [0.05, 0.1) is 19.0 Å². The number of hydrogen-bond acceptors (Lipinski definition) is 5. The van der Waals surface area contributed by atoms with E-state index in [-0.39, 0.29) is 0 Å². The smallest absolute Gasteiger partial charge is 0.170 e. The summed E-state index contributed by atoms with van der Waals surface area (Å²) >= 11 is 0. The standard InChI is InChI=1S/C11H16N6/c1-3-16(4-2)11-9(8-13)10(14)17(15-11)7-5-6-12/h3-5,7,14H2,1-2H3. The van der Waals surface area contributed by atoms with Crippen molar-refractivity contribution in [3.05, 3.63) is 5.56 Å². The molecule has 0 fully saturated rings. The number of hydrogen-bond donors (Lipinski definition) is 1. The molecule has 0 aliphatic heterocycles. The fraction of sp³-hybridized carbons (Fsp3) is 0.545. The van der Waals surface area contributed by atoms with E-state index >= 15 is 0 Å². The minimum Gasteiger partial charge on any atom is -0.383 e. The summed E-state index contributed by atoms with van der Waals surface area (Å²) in [4.78, 5) is 1.97. The second kappa shape index (κ2) is 5.76. The van der Waals surface area contributed by atoms with Crippen molar-refractivity contribution >= 4 is 11.6 Å². The van der Waals surface area contributed by atoms with Crippen molar-refractivity contribution in [1.82, 2.24) is 9.78 Å². The van der Waals surface area contributed by atoms with Crippen molar-refractivity contribution in [3.63, 3.8) is 0 Å². The lowest BCUT2D eigenvalue weighted by atomic mass is 10.3. The number of rotatable bonds is 5. The fourth-order valence-corrected chi connectivity index (χ4v) is 1.64. The monoisotopic (exact) mass is 232 g/mol. The zero-order valence-corrected chi connectivity index (χ0v) is 10.1. The minimum absolute atomic E-state index is 0.328. The number of aromatic nitrogens is 2. The molecular formula is C11H16N6. The minimum atomic E-state index is 0.328. The van der Waals surface area contributed by atoms with Crippen LogP contribution in [0.1, 0.15) is 25.8 Å². The summed E-state index contributed by atoms with van der Waals surface area (Å²) in [5.74, 6) is 0.942. The van der Waals surface area contributed by atoms with Gasteiger partial charge in [-0.15, -0.1) is 0 Å². The van der Waals surface area contributed by atoms with Gasteiger partial charge in [-0.2, -0.15) is 15.6 Å². The summed E-state index contributed by atoms with van der Waals surface area (Å²) in [6.45, 7) is 5.93. The quantitative estimate of drug-likeness (QED) is 0.820. The Labute approximate surface area is 101 Å². The van der Waals surface area contributed by atoms with E-state index < -0.39 is 0 Å². The highest BCUT2D eigenvalue weighted by atomic mass is 15.4. The molecule has 0 saturated heterocycles. The van der Waals surface area contributed by atoms with Crippen molar-refractivity contribution in [3.8, 4) is 12.1 Å². The van der Waals surface area contributed by atoms with Gasteiger partial charge in [-0.05, 0) is 13.8 Å². The molecule has 6 heteroatoms. The van der Waals surface area contributed by atoms with Gasteiger partial charge in [-0.1, -0.05) is 0 Å². The van der Waals surface area contributed by atoms with Crippen LogP contribution in [0.4, 0.5) is 11.6 Å². The summed E-state index contributed by atoms with van der Waals surface area (Å²) in [5.41, 5.74) is 6.24. The molecule has 17 heavy (non-hydrogen) atoms. The molecule has 2 N–H and O–H groups in total. The Bertz CT molecular complexity index is 458. The Morgan fingerprint density at radius 3 is 2.47 bits per heavy atom. The first kappa shape index (κ1) is 12.9. The van der Waals surface area contributed by atoms with Gasteiger partial charge in [0.15, 0.2) is 5.82 Å². The average molecular weight is 232 g/mol. The van der Waals surface area contributed by atoms with Gasteiger partial charge in [0.1, 0.15) is 17.5 Å². The van der Waals surface area contributed by atoms with Crippen molar-refractivity contribution in [1.29, 1.82) is 10.5 Å². The molecule has 0 unspecified atom stereocenters. The van der Waals surface area contributed by atoms with E-state index in [0.29, 0.717) is 30.2 Å². The Kier molecular flexibility index (Phi) is 4.36. The maximum atomic E-state index is 9.10. The first-order valence-electron chi connectivity index (χ1n) is 5.57. The van der Waals surface area contributed by atoms with E-state index in [9.17, 15) is 0 Å². The Hall–Kier alpha value is -2.21. The van der Waals surface area contributed by atoms with Gasteiger partial charge in [0, 0.05) is 13.1 Å². The lowest BCUT2D eigenvalue weighted by molar-refractivity contribution is 0.632. The van der Waals surface area contributed by atoms with Crippen molar-refractivity contribution in [2.75, 3.05) is 23.7 Å². The summed E-state index contributed by atoms with van der Waals surface area (Å²) in [7, 11) is 0. The van der Waals surface area contributed by atoms with Crippen LogP contribution in [0.25, 0.3) is 0 Å². The van der Waals surface area contributed by atoms with Gasteiger partial charge in [-0.3, -0.25) is 0 Å². The van der Waals surface area contributed by atoms with Crippen LogP contribution in [0.5, 0.6) is 0 Å². The highest BCUT2D eigenvalue weighted by Crippen LogP contribution is 2.24. The molecule has 90 valence electrons. The lowest BCUT2D eigenvalue weighted by Crippen LogP contribution is -2.23. The highest BCUT2D eigenvalue weighted by molar-refractivity contribution is 5.64. The van der Waals surface area contributed by atoms with E-state index in [1.807, 2.05) is 24.8 Å². The molecule has 0 saturated carbocycles. The predicted molar refractivity (Wildman–Crippen MR) is 65.1 cm³/mol. The second-order valence-corrected chi connectivity index (χ2v) is 3.50. The zero-order chi connectivity index (χ0) is 12.8. The predicted octanol–water partition coefficient (Wildman–Crippen LogP) is 1.10. The number of nitrogen functional groups attached to an aromatic ring is 1. The third-order valence-electron chi connectivity index (χ3n) is 2.58. The molecule has 1 rings (SSSR count). The van der Waals surface area contributed by atoms with Crippen molar-refractivity contribution in [2.45, 2.75) is 26.8 Å². The maximum Gasteiger partial charge on any atom is 0.170 e. The van der Waals surface area contributed by atoms with Gasteiger partial charge in [-0.25, -0.2) is 4.68 Å². The molecule has 0 spiro atoms. The summed E-state index contributed by atoms with van der Waals surface area (Å²) in [6, 6.07) is 4.11. The molecule has 0 atom stereocenters. The number of nitriles is 2. The van der Waals surface area contributed by atoms with Crippen molar-refractivity contribution < 1.29 is 0 Å². The number of aryl methyl sites for hydroxylation is 1. The number of nitrogens with zero attached hydrogens (tertiary/aromatic N) is 5. The van der Waals surface area contributed by atoms with Crippen LogP contribution >= 0.6 is 0 Å². The Morgan fingerprint density at radius 1 is 1.35 bits per heavy atom. The van der Waals surface area contributed by atoms with Crippen LogP contribution in [-0.4, -0.2) is 22.9 Å². The first-order chi connectivity index (χ1) is 8.19. The topological polar surface area (TPSA) is 94.7 Å².